The summed E-state index contributed by atoms with van der Waals surface area (Å²) in [4.78, 5) is 16.0. The molecule has 0 saturated carbocycles. The van der Waals surface area contributed by atoms with Crippen molar-refractivity contribution in [2.45, 2.75) is 0 Å². The van der Waals surface area contributed by atoms with Crippen molar-refractivity contribution in [2.75, 3.05) is 0 Å². The second-order valence-corrected chi connectivity index (χ2v) is 7.98. The van der Waals surface area contributed by atoms with Gasteiger partial charge in [-0.1, -0.05) is 30.3 Å². The van der Waals surface area contributed by atoms with Gasteiger partial charge in [-0.15, -0.1) is 4.43 Å². The van der Waals surface area contributed by atoms with Crippen molar-refractivity contribution >= 4 is 67.1 Å². The maximum absolute atomic E-state index is 4.63. The first-order valence-corrected chi connectivity index (χ1v) is 10.6. The summed E-state index contributed by atoms with van der Waals surface area (Å²) in [6.07, 6.45) is 8.09. The fraction of sp³-hybridized carbons (Fsp3) is 0. The minimum Gasteiger partial charge on any atom is -0.355 e. The number of benzene rings is 1. The molecule has 0 saturated heterocycles. The van der Waals surface area contributed by atoms with E-state index in [-0.39, 0.29) is 0 Å². The summed E-state index contributed by atoms with van der Waals surface area (Å²) >= 11 is 2.63. The van der Waals surface area contributed by atoms with Crippen LogP contribution in [0.2, 0.25) is 0 Å². The molecule has 31 heavy (non-hydrogen) atoms. The Bertz CT molecular complexity index is 1270. The number of aromatic nitrogens is 4. The smallest absolute Gasteiger partial charge is 0.175 e. The van der Waals surface area contributed by atoms with Crippen LogP contribution in [0.5, 0.6) is 0 Å². The first-order chi connectivity index (χ1) is 15.2. The van der Waals surface area contributed by atoms with Gasteiger partial charge in [-0.2, -0.15) is 0 Å². The van der Waals surface area contributed by atoms with Crippen molar-refractivity contribution in [3.8, 4) is 0 Å². The van der Waals surface area contributed by atoms with Crippen molar-refractivity contribution in [1.82, 2.24) is 19.9 Å². The maximum Gasteiger partial charge on any atom is 0.175 e. The van der Waals surface area contributed by atoms with Crippen molar-refractivity contribution in [1.29, 1.82) is 0 Å². The molecule has 2 radical (unpaired) electrons. The topological polar surface area (TPSA) is 57.4 Å². The Morgan fingerprint density at radius 2 is 0.839 bits per heavy atom. The van der Waals surface area contributed by atoms with Gasteiger partial charge in [-0.3, -0.25) is 0 Å². The molecule has 2 N–H and O–H groups in total. The number of H-pyrrole nitrogens is 2. The molecule has 5 heterocycles. The summed E-state index contributed by atoms with van der Waals surface area (Å²) in [7, 11) is 0. The molecule has 0 amide bonds. The molecule has 0 fully saturated rings. The molecule has 2 aliphatic rings. The fourth-order valence-electron chi connectivity index (χ4n) is 3.40. The second-order valence-electron chi connectivity index (χ2n) is 7.32. The Kier molecular flexibility index (Phi) is 5.37. The summed E-state index contributed by atoms with van der Waals surface area (Å²) in [5, 5.41) is 0. The van der Waals surface area contributed by atoms with E-state index in [1.165, 1.54) is 4.43 Å². The van der Waals surface area contributed by atoms with E-state index in [0.29, 0.717) is 0 Å². The molecule has 2 aliphatic heterocycles. The van der Waals surface area contributed by atoms with Crippen LogP contribution in [0.4, 0.5) is 0 Å². The Morgan fingerprint density at radius 1 is 0.484 bits per heavy atom. The minimum absolute atomic E-state index is 0.939. The van der Waals surface area contributed by atoms with Crippen molar-refractivity contribution in [2.24, 2.45) is 0 Å². The number of aromatic amines is 2. The number of nitrogens with one attached hydrogen (secondary N) is 2. The normalized spacial score (nSPS) is 11.7. The van der Waals surface area contributed by atoms with Crippen LogP contribution in [0, 0.1) is 0 Å². The Labute approximate surface area is 188 Å². The van der Waals surface area contributed by atoms with Crippen LogP contribution >= 0.6 is 0 Å². The van der Waals surface area contributed by atoms with E-state index in [0.717, 1.165) is 44.8 Å². The molecule has 0 unspecified atom stereocenters. The van der Waals surface area contributed by atoms with Gasteiger partial charge < -0.3 is 9.97 Å². The highest BCUT2D eigenvalue weighted by atomic mass is 27.0. The zero-order chi connectivity index (χ0) is 21.0. The number of fused-ring (bicyclic) bond motifs is 8. The minimum atomic E-state index is 0.939. The lowest BCUT2D eigenvalue weighted by atomic mass is 10.3. The molecule has 3 aromatic heterocycles. The zero-order valence-electron chi connectivity index (χ0n) is 16.8. The van der Waals surface area contributed by atoms with E-state index in [1.54, 1.807) is 0 Å². The van der Waals surface area contributed by atoms with Crippen LogP contribution in [0.15, 0.2) is 78.9 Å². The predicted octanol–water partition coefficient (Wildman–Crippen LogP) is 5.14. The maximum atomic E-state index is 4.63. The van der Waals surface area contributed by atoms with Gasteiger partial charge in [0, 0.05) is 22.1 Å². The average molecular weight is 414 g/mol. The van der Waals surface area contributed by atoms with Gasteiger partial charge in [-0.05, 0) is 72.8 Å². The molecule has 4 aromatic rings. The average Bonchev–Trinajstić information content (AvgIpc) is 3.55. The van der Waals surface area contributed by atoms with E-state index in [4.69, 9.17) is 0 Å². The summed E-state index contributed by atoms with van der Waals surface area (Å²) in [5.74, 6) is 0. The highest BCUT2D eigenvalue weighted by Crippen LogP contribution is 2.16. The van der Waals surface area contributed by atoms with Crippen LogP contribution in [0.1, 0.15) is 22.8 Å². The van der Waals surface area contributed by atoms with Crippen molar-refractivity contribution < 1.29 is 0 Å². The van der Waals surface area contributed by atoms with E-state index in [9.17, 15) is 0 Å². The lowest BCUT2D eigenvalue weighted by Crippen LogP contribution is -1.97. The van der Waals surface area contributed by atoms with Gasteiger partial charge in [0.2, 0.25) is 0 Å². The lowest BCUT2D eigenvalue weighted by molar-refractivity contribution is 1.31. The monoisotopic (exact) mass is 414 g/mol. The predicted molar refractivity (Wildman–Crippen MR) is 131 cm³/mol. The zero-order valence-corrected chi connectivity index (χ0v) is 17.9. The van der Waals surface area contributed by atoms with E-state index in [1.807, 2.05) is 78.9 Å². The number of hydrogen-bond donors (Lipinski definition) is 2. The van der Waals surface area contributed by atoms with E-state index >= 15 is 0 Å². The SMILES string of the molecule is C1=Cc2cc3ccc(cc4nc(cc5ccc(cc1n2)[nH]5)C=C4)[nH]3.[Al][c]1ccccc1. The molecule has 1 aromatic carbocycles. The van der Waals surface area contributed by atoms with Gasteiger partial charge in [0.15, 0.2) is 16.3 Å². The van der Waals surface area contributed by atoms with E-state index in [2.05, 4.69) is 60.5 Å². The summed E-state index contributed by atoms with van der Waals surface area (Å²) < 4.78 is 1.24. The second kappa shape index (κ2) is 8.61. The van der Waals surface area contributed by atoms with Gasteiger partial charge in [0.1, 0.15) is 0 Å². The van der Waals surface area contributed by atoms with Crippen LogP contribution < -0.4 is 4.43 Å². The number of rotatable bonds is 0. The molecule has 0 aliphatic carbocycles. The quantitative estimate of drug-likeness (QED) is 0.338. The molecule has 8 bridgehead atoms. The third kappa shape index (κ3) is 4.92. The molecular weight excluding hydrogens is 395 g/mol. The first-order valence-electron chi connectivity index (χ1n) is 10.0. The lowest BCUT2D eigenvalue weighted by Gasteiger charge is -1.85. The van der Waals surface area contributed by atoms with E-state index < -0.39 is 0 Å². The van der Waals surface area contributed by atoms with Crippen molar-refractivity contribution in [3.63, 3.8) is 0 Å². The highest BCUT2D eigenvalue weighted by molar-refractivity contribution is 6.32. The summed E-state index contributed by atoms with van der Waals surface area (Å²) in [5.41, 5.74) is 7.86. The largest absolute Gasteiger partial charge is 0.355 e. The standard InChI is InChI=1S/C20H14N4.C6H5.Al/c1-2-14-10-16-5-6-18(23-16)12-20-8-7-19(24-20)11-17-4-3-15(22-17)9-13(1)21-14;1-2-4-6-5-3-1;/h1-12,21,24H;1-5H;. The van der Waals surface area contributed by atoms with Crippen molar-refractivity contribution in [3.05, 3.63) is 102 Å². The molecule has 5 heteroatoms. The molecule has 4 nitrogen and oxygen atoms in total. The molecule has 6 rings (SSSR count). The molecule has 0 atom stereocenters. The van der Waals surface area contributed by atoms with Crippen LogP contribution in [-0.4, -0.2) is 36.2 Å². The van der Waals surface area contributed by atoms with Crippen LogP contribution in [0.3, 0.4) is 0 Å². The number of hydrogen-bond acceptors (Lipinski definition) is 2. The molecule has 0 spiro atoms. The van der Waals surface area contributed by atoms with Crippen LogP contribution in [-0.2, 0) is 0 Å². The Morgan fingerprint density at radius 3 is 1.13 bits per heavy atom. The third-order valence-corrected chi connectivity index (χ3v) is 5.23. The summed E-state index contributed by atoms with van der Waals surface area (Å²) in [6, 6.07) is 26.5. The Hall–Kier alpha value is -3.65. The van der Waals surface area contributed by atoms with Gasteiger partial charge in [0.05, 0.1) is 22.8 Å². The fourth-order valence-corrected chi connectivity index (χ4v) is 3.62. The van der Waals surface area contributed by atoms with Gasteiger partial charge in [-0.25, -0.2) is 9.97 Å². The highest BCUT2D eigenvalue weighted by Gasteiger charge is 2.01. The third-order valence-electron chi connectivity index (χ3n) is 4.84. The Balaban J connectivity index is 0.000000250. The first kappa shape index (κ1) is 19.3. The molecule has 146 valence electrons. The van der Waals surface area contributed by atoms with Gasteiger partial charge >= 0.3 is 0 Å². The molecular formula is C26H19AlN4. The van der Waals surface area contributed by atoms with Crippen LogP contribution in [0.25, 0.3) is 46.4 Å². The van der Waals surface area contributed by atoms with Gasteiger partial charge in [0.25, 0.3) is 0 Å². The summed E-state index contributed by atoms with van der Waals surface area (Å²) in [6.45, 7) is 0. The number of nitrogens with zero attached hydrogens (tertiary/aromatic N) is 2.